The highest BCUT2D eigenvalue weighted by molar-refractivity contribution is 5.93. The van der Waals surface area contributed by atoms with Gasteiger partial charge in [0.1, 0.15) is 5.69 Å². The van der Waals surface area contributed by atoms with Gasteiger partial charge in [-0.3, -0.25) is 4.79 Å². The molecule has 1 amide bonds. The molecule has 1 unspecified atom stereocenters. The zero-order valence-electron chi connectivity index (χ0n) is 12.1. The molecular weight excluding hydrogens is 268 g/mol. The molecule has 0 aliphatic heterocycles. The second-order valence-corrected chi connectivity index (χ2v) is 4.73. The minimum Gasteiger partial charge on any atom is -0.448 e. The van der Waals surface area contributed by atoms with Crippen molar-refractivity contribution >= 4 is 22.8 Å². The highest BCUT2D eigenvalue weighted by Gasteiger charge is 2.19. The molecule has 0 radical (unpaired) electrons. The van der Waals surface area contributed by atoms with Crippen LogP contribution >= 0.6 is 0 Å². The molecule has 1 aromatic carbocycles. The third kappa shape index (κ3) is 3.78. The predicted molar refractivity (Wildman–Crippen MR) is 79.9 cm³/mol. The fourth-order valence-corrected chi connectivity index (χ4v) is 1.85. The molecule has 0 aliphatic carbocycles. The number of rotatable bonds is 5. The van der Waals surface area contributed by atoms with Gasteiger partial charge >= 0.3 is 5.97 Å². The van der Waals surface area contributed by atoms with E-state index in [0.29, 0.717) is 6.54 Å². The monoisotopic (exact) mass is 286 g/mol. The molecule has 1 N–H and O–H groups in total. The minimum absolute atomic E-state index is 0.198. The van der Waals surface area contributed by atoms with Crippen molar-refractivity contribution in [2.45, 2.75) is 26.4 Å². The molecule has 0 saturated heterocycles. The molecule has 21 heavy (non-hydrogen) atoms. The number of esters is 1. The summed E-state index contributed by atoms with van der Waals surface area (Å²) in [5.41, 5.74) is 0.916. The lowest BCUT2D eigenvalue weighted by atomic mass is 10.2. The van der Waals surface area contributed by atoms with Gasteiger partial charge in [0.2, 0.25) is 0 Å². The van der Waals surface area contributed by atoms with Crippen molar-refractivity contribution in [1.82, 2.24) is 10.3 Å². The Hall–Kier alpha value is -2.43. The lowest BCUT2D eigenvalue weighted by Gasteiger charge is -2.12. The number of ether oxygens (including phenoxy) is 1. The van der Waals surface area contributed by atoms with E-state index in [9.17, 15) is 9.59 Å². The maximum atomic E-state index is 12.0. The van der Waals surface area contributed by atoms with Crippen molar-refractivity contribution in [3.8, 4) is 0 Å². The SMILES string of the molecule is CCCNC(=O)C(C)OC(=O)c1ccc2ccccc2n1. The highest BCUT2D eigenvalue weighted by Crippen LogP contribution is 2.12. The molecule has 0 saturated carbocycles. The van der Waals surface area contributed by atoms with Gasteiger partial charge in [0.05, 0.1) is 5.52 Å². The van der Waals surface area contributed by atoms with Crippen molar-refractivity contribution in [2.75, 3.05) is 6.54 Å². The molecule has 2 rings (SSSR count). The number of aromatic nitrogens is 1. The molecule has 0 spiro atoms. The summed E-state index contributed by atoms with van der Waals surface area (Å²) >= 11 is 0. The topological polar surface area (TPSA) is 68.3 Å². The fourth-order valence-electron chi connectivity index (χ4n) is 1.85. The number of hydrogen-bond acceptors (Lipinski definition) is 4. The summed E-state index contributed by atoms with van der Waals surface area (Å²) in [7, 11) is 0. The normalized spacial score (nSPS) is 11.9. The first-order valence-electron chi connectivity index (χ1n) is 6.96. The summed E-state index contributed by atoms with van der Waals surface area (Å²) in [5, 5.41) is 3.63. The van der Waals surface area contributed by atoms with Gasteiger partial charge in [0.25, 0.3) is 5.91 Å². The summed E-state index contributed by atoms with van der Waals surface area (Å²) in [4.78, 5) is 27.9. The smallest absolute Gasteiger partial charge is 0.357 e. The van der Waals surface area contributed by atoms with Crippen molar-refractivity contribution in [1.29, 1.82) is 0 Å². The van der Waals surface area contributed by atoms with E-state index in [-0.39, 0.29) is 11.6 Å². The van der Waals surface area contributed by atoms with E-state index in [1.807, 2.05) is 31.2 Å². The summed E-state index contributed by atoms with van der Waals surface area (Å²) in [6, 6.07) is 10.9. The van der Waals surface area contributed by atoms with Gasteiger partial charge in [-0.15, -0.1) is 0 Å². The van der Waals surface area contributed by atoms with E-state index in [1.165, 1.54) is 0 Å². The molecule has 0 aliphatic rings. The lowest BCUT2D eigenvalue weighted by Crippen LogP contribution is -2.36. The quantitative estimate of drug-likeness (QED) is 0.856. The average Bonchev–Trinajstić information content (AvgIpc) is 2.51. The molecule has 5 nitrogen and oxygen atoms in total. The zero-order chi connectivity index (χ0) is 15.2. The second-order valence-electron chi connectivity index (χ2n) is 4.73. The maximum absolute atomic E-state index is 12.0. The Morgan fingerprint density at radius 1 is 1.24 bits per heavy atom. The Morgan fingerprint density at radius 2 is 2.00 bits per heavy atom. The first-order chi connectivity index (χ1) is 10.1. The van der Waals surface area contributed by atoms with Gasteiger partial charge in [0, 0.05) is 11.9 Å². The third-order valence-electron chi connectivity index (χ3n) is 3.01. The summed E-state index contributed by atoms with van der Waals surface area (Å²) in [6.45, 7) is 4.06. The van der Waals surface area contributed by atoms with Crippen molar-refractivity contribution < 1.29 is 14.3 Å². The number of nitrogens with zero attached hydrogens (tertiary/aromatic N) is 1. The maximum Gasteiger partial charge on any atom is 0.357 e. The van der Waals surface area contributed by atoms with Gasteiger partial charge in [-0.2, -0.15) is 0 Å². The van der Waals surface area contributed by atoms with E-state index in [0.717, 1.165) is 17.3 Å². The molecule has 2 aromatic rings. The van der Waals surface area contributed by atoms with E-state index in [2.05, 4.69) is 10.3 Å². The minimum atomic E-state index is -0.836. The van der Waals surface area contributed by atoms with Crippen LogP contribution in [-0.4, -0.2) is 29.5 Å². The van der Waals surface area contributed by atoms with Crippen LogP contribution in [0.2, 0.25) is 0 Å². The Balaban J connectivity index is 2.06. The lowest BCUT2D eigenvalue weighted by molar-refractivity contribution is -0.129. The average molecular weight is 286 g/mol. The predicted octanol–water partition coefficient (Wildman–Crippen LogP) is 2.31. The highest BCUT2D eigenvalue weighted by atomic mass is 16.5. The molecule has 1 atom stereocenters. The number of carbonyl (C=O) groups excluding carboxylic acids is 2. The second kappa shape index (κ2) is 6.83. The number of amides is 1. The Morgan fingerprint density at radius 3 is 2.76 bits per heavy atom. The standard InChI is InChI=1S/C16H18N2O3/c1-3-10-17-15(19)11(2)21-16(20)14-9-8-12-6-4-5-7-13(12)18-14/h4-9,11H,3,10H2,1-2H3,(H,17,19). The van der Waals surface area contributed by atoms with Crippen LogP contribution in [0.15, 0.2) is 36.4 Å². The van der Waals surface area contributed by atoms with Crippen LogP contribution in [0.1, 0.15) is 30.8 Å². The number of benzene rings is 1. The zero-order valence-corrected chi connectivity index (χ0v) is 12.1. The summed E-state index contributed by atoms with van der Waals surface area (Å²) in [6.07, 6.45) is -0.00383. The van der Waals surface area contributed by atoms with Gasteiger partial charge in [-0.25, -0.2) is 9.78 Å². The van der Waals surface area contributed by atoms with E-state index < -0.39 is 12.1 Å². The van der Waals surface area contributed by atoms with Gasteiger partial charge in [0.15, 0.2) is 6.10 Å². The summed E-state index contributed by atoms with van der Waals surface area (Å²) < 4.78 is 5.13. The number of para-hydroxylation sites is 1. The van der Waals surface area contributed by atoms with E-state index in [4.69, 9.17) is 4.74 Å². The number of hydrogen-bond donors (Lipinski definition) is 1. The molecular formula is C16H18N2O3. The molecule has 110 valence electrons. The molecule has 0 fully saturated rings. The van der Waals surface area contributed by atoms with Gasteiger partial charge < -0.3 is 10.1 Å². The number of carbonyl (C=O) groups is 2. The van der Waals surface area contributed by atoms with Crippen LogP contribution < -0.4 is 5.32 Å². The van der Waals surface area contributed by atoms with Crippen molar-refractivity contribution in [2.24, 2.45) is 0 Å². The van der Waals surface area contributed by atoms with Gasteiger partial charge in [-0.05, 0) is 25.5 Å². The molecule has 0 bridgehead atoms. The first-order valence-corrected chi connectivity index (χ1v) is 6.96. The molecule has 5 heteroatoms. The number of fused-ring (bicyclic) bond motifs is 1. The van der Waals surface area contributed by atoms with Crippen LogP contribution in [0.25, 0.3) is 10.9 Å². The molecule has 1 heterocycles. The van der Waals surface area contributed by atoms with Crippen LogP contribution in [0.5, 0.6) is 0 Å². The van der Waals surface area contributed by atoms with E-state index in [1.54, 1.807) is 19.1 Å². The third-order valence-corrected chi connectivity index (χ3v) is 3.01. The fraction of sp³-hybridized carbons (Fsp3) is 0.312. The van der Waals surface area contributed by atoms with Crippen LogP contribution in [0.4, 0.5) is 0 Å². The number of pyridine rings is 1. The Bertz CT molecular complexity index is 655. The first kappa shape index (κ1) is 15.0. The number of nitrogens with one attached hydrogen (secondary N) is 1. The largest absolute Gasteiger partial charge is 0.448 e. The van der Waals surface area contributed by atoms with Crippen molar-refractivity contribution in [3.63, 3.8) is 0 Å². The van der Waals surface area contributed by atoms with E-state index >= 15 is 0 Å². The van der Waals surface area contributed by atoms with Crippen LogP contribution in [0.3, 0.4) is 0 Å². The van der Waals surface area contributed by atoms with Gasteiger partial charge in [-0.1, -0.05) is 31.2 Å². The Kier molecular flexibility index (Phi) is 4.87. The molecule has 1 aromatic heterocycles. The van der Waals surface area contributed by atoms with Crippen molar-refractivity contribution in [3.05, 3.63) is 42.1 Å². The summed E-state index contributed by atoms with van der Waals surface area (Å²) in [5.74, 6) is -0.897. The Labute approximate surface area is 123 Å². The van der Waals surface area contributed by atoms with Crippen LogP contribution in [0, 0.1) is 0 Å². The van der Waals surface area contributed by atoms with Crippen LogP contribution in [-0.2, 0) is 9.53 Å².